The van der Waals surface area contributed by atoms with Crippen molar-refractivity contribution in [2.24, 2.45) is 0 Å². The van der Waals surface area contributed by atoms with Gasteiger partial charge in [0.05, 0.1) is 27.8 Å². The Morgan fingerprint density at radius 1 is 0.950 bits per heavy atom. The molecule has 0 N–H and O–H groups in total. The van der Waals surface area contributed by atoms with Crippen LogP contribution in [0, 0.1) is 0 Å². The van der Waals surface area contributed by atoms with Crippen LogP contribution < -0.4 is 4.52 Å². The molecule has 0 spiro atoms. The molecule has 3 nitrogen and oxygen atoms in total. The molecule has 0 aliphatic heterocycles. The zero-order valence-electron chi connectivity index (χ0n) is 10.1. The minimum Gasteiger partial charge on any atom is -0.421 e. The first-order valence-corrected chi connectivity index (χ1v) is 9.43. The van der Waals surface area contributed by atoms with E-state index in [1.54, 1.807) is 6.92 Å². The SMILES string of the molecule is CCOP(=O)(CCCl)Oc1c(Cl)c(Cl)c(Cl)c(Cl)c1Cl. The van der Waals surface area contributed by atoms with Crippen molar-refractivity contribution in [2.75, 3.05) is 18.6 Å². The molecule has 0 aliphatic carbocycles. The maximum atomic E-state index is 12.4. The Labute approximate surface area is 146 Å². The molecule has 0 aliphatic rings. The van der Waals surface area contributed by atoms with E-state index in [0.717, 1.165) is 0 Å². The second kappa shape index (κ2) is 7.99. The van der Waals surface area contributed by atoms with Crippen molar-refractivity contribution in [1.82, 2.24) is 0 Å². The van der Waals surface area contributed by atoms with Gasteiger partial charge in [-0.2, -0.15) is 0 Å². The number of hydrogen-bond acceptors (Lipinski definition) is 3. The lowest BCUT2D eigenvalue weighted by Crippen LogP contribution is -2.04. The Kier molecular flexibility index (Phi) is 7.59. The fourth-order valence-corrected chi connectivity index (χ4v) is 4.50. The summed E-state index contributed by atoms with van der Waals surface area (Å²) in [5.41, 5.74) is 0. The van der Waals surface area contributed by atoms with E-state index in [-0.39, 0.29) is 49.5 Å². The molecule has 1 aromatic carbocycles. The van der Waals surface area contributed by atoms with Gasteiger partial charge in [-0.1, -0.05) is 58.0 Å². The van der Waals surface area contributed by atoms with Crippen molar-refractivity contribution in [3.05, 3.63) is 25.1 Å². The van der Waals surface area contributed by atoms with Gasteiger partial charge in [-0.15, -0.1) is 11.6 Å². The van der Waals surface area contributed by atoms with Crippen LogP contribution in [0.15, 0.2) is 0 Å². The van der Waals surface area contributed by atoms with Crippen LogP contribution in [-0.2, 0) is 9.09 Å². The van der Waals surface area contributed by atoms with E-state index in [2.05, 4.69) is 0 Å². The number of rotatable bonds is 6. The predicted octanol–water partition coefficient (Wildman–Crippen LogP) is 6.80. The molecule has 1 aromatic rings. The van der Waals surface area contributed by atoms with Gasteiger partial charge < -0.3 is 9.05 Å². The molecule has 0 aromatic heterocycles. The second-order valence-electron chi connectivity index (χ2n) is 3.43. The highest BCUT2D eigenvalue weighted by atomic mass is 35.5. The van der Waals surface area contributed by atoms with E-state index >= 15 is 0 Å². The van der Waals surface area contributed by atoms with Crippen LogP contribution in [0.5, 0.6) is 5.75 Å². The third-order valence-corrected chi connectivity index (χ3v) is 6.66. The summed E-state index contributed by atoms with van der Waals surface area (Å²) in [7, 11) is -3.51. The van der Waals surface area contributed by atoms with Gasteiger partial charge in [-0.3, -0.25) is 0 Å². The van der Waals surface area contributed by atoms with Crippen molar-refractivity contribution < 1.29 is 13.6 Å². The van der Waals surface area contributed by atoms with Crippen LogP contribution in [0.3, 0.4) is 0 Å². The number of alkyl halides is 1. The summed E-state index contributed by atoms with van der Waals surface area (Å²) >= 11 is 35.2. The summed E-state index contributed by atoms with van der Waals surface area (Å²) in [5.74, 6) is -0.0729. The van der Waals surface area contributed by atoms with Crippen LogP contribution in [0.1, 0.15) is 6.92 Å². The van der Waals surface area contributed by atoms with Crippen LogP contribution in [0.2, 0.25) is 25.1 Å². The molecular weight excluding hydrogens is 412 g/mol. The van der Waals surface area contributed by atoms with Gasteiger partial charge in [-0.25, -0.2) is 4.57 Å². The average Bonchev–Trinajstić information content (AvgIpc) is 2.40. The van der Waals surface area contributed by atoms with Crippen molar-refractivity contribution in [3.8, 4) is 5.75 Å². The average molecular weight is 421 g/mol. The lowest BCUT2D eigenvalue weighted by molar-refractivity contribution is 0.280. The standard InChI is InChI=1S/C10H9Cl6O3P/c1-2-18-20(17,4-3-11)19-10-8(15)6(13)5(12)7(14)9(10)16/h2-4H2,1H3. The molecule has 1 unspecified atom stereocenters. The zero-order chi connectivity index (χ0) is 15.5. The van der Waals surface area contributed by atoms with Crippen molar-refractivity contribution >= 4 is 77.2 Å². The van der Waals surface area contributed by atoms with Gasteiger partial charge >= 0.3 is 7.60 Å². The molecule has 1 atom stereocenters. The van der Waals surface area contributed by atoms with E-state index in [1.807, 2.05) is 0 Å². The van der Waals surface area contributed by atoms with Gasteiger partial charge in [0.1, 0.15) is 10.0 Å². The minimum atomic E-state index is -3.51. The van der Waals surface area contributed by atoms with Crippen molar-refractivity contribution in [3.63, 3.8) is 0 Å². The lowest BCUT2D eigenvalue weighted by Gasteiger charge is -2.20. The Morgan fingerprint density at radius 3 is 1.80 bits per heavy atom. The minimum absolute atomic E-state index is 0.0146. The maximum Gasteiger partial charge on any atom is 0.380 e. The van der Waals surface area contributed by atoms with Crippen molar-refractivity contribution in [1.29, 1.82) is 0 Å². The summed E-state index contributed by atoms with van der Waals surface area (Å²) in [6.07, 6.45) is -0.0209. The fourth-order valence-electron chi connectivity index (χ4n) is 1.24. The Morgan fingerprint density at radius 2 is 1.40 bits per heavy atom. The quantitative estimate of drug-likeness (QED) is 0.220. The molecule has 20 heavy (non-hydrogen) atoms. The lowest BCUT2D eigenvalue weighted by atomic mass is 10.3. The third kappa shape index (κ3) is 4.24. The molecule has 0 saturated carbocycles. The van der Waals surface area contributed by atoms with Gasteiger partial charge in [0.2, 0.25) is 0 Å². The van der Waals surface area contributed by atoms with Gasteiger partial charge in [-0.05, 0) is 6.92 Å². The van der Waals surface area contributed by atoms with E-state index in [0.29, 0.717) is 0 Å². The highest BCUT2D eigenvalue weighted by Gasteiger charge is 2.30. The number of halogens is 6. The summed E-state index contributed by atoms with van der Waals surface area (Å²) in [4.78, 5) is 0. The van der Waals surface area contributed by atoms with E-state index < -0.39 is 7.60 Å². The molecule has 0 amide bonds. The molecule has 0 bridgehead atoms. The van der Waals surface area contributed by atoms with E-state index in [1.165, 1.54) is 0 Å². The van der Waals surface area contributed by atoms with Crippen molar-refractivity contribution in [2.45, 2.75) is 6.92 Å². The molecule has 114 valence electrons. The van der Waals surface area contributed by atoms with Gasteiger partial charge in [0, 0.05) is 5.88 Å². The normalized spacial score (nSPS) is 14.2. The summed E-state index contributed by atoms with van der Waals surface area (Å²) in [6.45, 7) is 1.83. The third-order valence-electron chi connectivity index (χ3n) is 2.08. The summed E-state index contributed by atoms with van der Waals surface area (Å²) < 4.78 is 22.9. The van der Waals surface area contributed by atoms with Crippen LogP contribution in [-0.4, -0.2) is 18.6 Å². The molecule has 10 heteroatoms. The molecule has 0 heterocycles. The monoisotopic (exact) mass is 418 g/mol. The number of hydrogen-bond donors (Lipinski definition) is 0. The first-order valence-electron chi connectivity index (χ1n) is 5.28. The van der Waals surface area contributed by atoms with Gasteiger partial charge in [0.25, 0.3) is 0 Å². The predicted molar refractivity (Wildman–Crippen MR) is 86.9 cm³/mol. The molecule has 0 fully saturated rings. The molecule has 1 rings (SSSR count). The highest BCUT2D eigenvalue weighted by Crippen LogP contribution is 2.55. The topological polar surface area (TPSA) is 35.5 Å². The highest BCUT2D eigenvalue weighted by molar-refractivity contribution is 7.54. The molecule has 0 radical (unpaired) electrons. The van der Waals surface area contributed by atoms with E-state index in [4.69, 9.17) is 78.7 Å². The Balaban J connectivity index is 3.30. The first kappa shape index (κ1) is 19.0. The first-order chi connectivity index (χ1) is 9.27. The van der Waals surface area contributed by atoms with E-state index in [9.17, 15) is 4.57 Å². The Bertz CT molecular complexity index is 511. The summed E-state index contributed by atoms with van der Waals surface area (Å²) in [6, 6.07) is 0. The largest absolute Gasteiger partial charge is 0.421 e. The maximum absolute atomic E-state index is 12.4. The van der Waals surface area contributed by atoms with Crippen LogP contribution in [0.25, 0.3) is 0 Å². The van der Waals surface area contributed by atoms with Crippen LogP contribution in [0.4, 0.5) is 0 Å². The van der Waals surface area contributed by atoms with Crippen LogP contribution >= 0.6 is 77.2 Å². The molecular formula is C10H9Cl6O3P. The zero-order valence-corrected chi connectivity index (χ0v) is 15.5. The Hall–Kier alpha value is 0.950. The second-order valence-corrected chi connectivity index (χ2v) is 7.81. The van der Waals surface area contributed by atoms with Gasteiger partial charge in [0.15, 0.2) is 5.75 Å². The fraction of sp³-hybridized carbons (Fsp3) is 0.400. The summed E-state index contributed by atoms with van der Waals surface area (Å²) in [5, 5.41) is -0.307. The molecule has 0 saturated heterocycles. The smallest absolute Gasteiger partial charge is 0.380 e. The number of benzene rings is 1.